The van der Waals surface area contributed by atoms with Gasteiger partial charge in [-0.3, -0.25) is 4.79 Å². The Balaban J connectivity index is 1.94. The maximum Gasteiger partial charge on any atom is 0.304 e. The Hall–Kier alpha value is -1.71. The van der Waals surface area contributed by atoms with Crippen molar-refractivity contribution in [3.05, 3.63) is 23.8 Å². The van der Waals surface area contributed by atoms with Gasteiger partial charge in [0.1, 0.15) is 0 Å². The number of aliphatic carboxylic acids is 1. The van der Waals surface area contributed by atoms with E-state index in [1.165, 1.54) is 6.42 Å². The second-order valence-electron chi connectivity index (χ2n) is 5.86. The molecule has 0 heterocycles. The van der Waals surface area contributed by atoms with E-state index in [1.54, 1.807) is 7.11 Å². The first-order valence-electron chi connectivity index (χ1n) is 7.20. The van der Waals surface area contributed by atoms with Crippen LogP contribution < -0.4 is 9.47 Å². The fourth-order valence-electron chi connectivity index (χ4n) is 2.85. The molecule has 0 atom stereocenters. The number of ether oxygens (including phenoxy) is 2. The molecule has 1 aromatic rings. The van der Waals surface area contributed by atoms with Crippen molar-refractivity contribution < 1.29 is 19.4 Å². The summed E-state index contributed by atoms with van der Waals surface area (Å²) in [6, 6.07) is 5.80. The summed E-state index contributed by atoms with van der Waals surface area (Å²) >= 11 is 0. The highest BCUT2D eigenvalue weighted by Gasteiger charge is 2.48. The van der Waals surface area contributed by atoms with Gasteiger partial charge in [-0.2, -0.15) is 0 Å². The zero-order chi connectivity index (χ0) is 14.2. The van der Waals surface area contributed by atoms with Gasteiger partial charge in [0, 0.05) is 11.0 Å². The van der Waals surface area contributed by atoms with Crippen molar-refractivity contribution in [2.45, 2.75) is 50.0 Å². The molecule has 0 amide bonds. The van der Waals surface area contributed by atoms with Crippen LogP contribution in [-0.4, -0.2) is 24.3 Å². The van der Waals surface area contributed by atoms with E-state index in [2.05, 4.69) is 0 Å². The highest BCUT2D eigenvalue weighted by Crippen LogP contribution is 2.56. The predicted octanol–water partition coefficient (Wildman–Crippen LogP) is 3.13. The summed E-state index contributed by atoms with van der Waals surface area (Å²) in [7, 11) is 1.63. The Bertz CT molecular complexity index is 515. The molecule has 0 radical (unpaired) electrons. The molecule has 0 aliphatic heterocycles. The third kappa shape index (κ3) is 2.35. The van der Waals surface area contributed by atoms with Crippen LogP contribution >= 0.6 is 0 Å². The van der Waals surface area contributed by atoms with Crippen molar-refractivity contribution in [3.8, 4) is 11.5 Å². The van der Waals surface area contributed by atoms with E-state index in [0.29, 0.717) is 5.75 Å². The summed E-state index contributed by atoms with van der Waals surface area (Å²) in [6.07, 6.45) is 5.59. The molecule has 4 heteroatoms. The Morgan fingerprint density at radius 1 is 1.40 bits per heavy atom. The SMILES string of the molecule is COc1cccc(C2(CC(=O)O)CC2)c1OC1CCC1. The van der Waals surface area contributed by atoms with Crippen LogP contribution in [0.15, 0.2) is 18.2 Å². The van der Waals surface area contributed by atoms with Crippen molar-refractivity contribution in [3.63, 3.8) is 0 Å². The number of para-hydroxylation sites is 1. The lowest BCUT2D eigenvalue weighted by Gasteiger charge is -2.29. The number of carboxylic acids is 1. The molecule has 1 aromatic carbocycles. The van der Waals surface area contributed by atoms with E-state index in [4.69, 9.17) is 14.6 Å². The number of rotatable bonds is 6. The summed E-state index contributed by atoms with van der Waals surface area (Å²) in [5.41, 5.74) is 0.755. The first kappa shape index (κ1) is 13.3. The molecule has 3 rings (SSSR count). The normalized spacial score (nSPS) is 20.1. The zero-order valence-electron chi connectivity index (χ0n) is 11.7. The average molecular weight is 276 g/mol. The minimum absolute atomic E-state index is 0.168. The van der Waals surface area contributed by atoms with Gasteiger partial charge < -0.3 is 14.6 Å². The summed E-state index contributed by atoms with van der Waals surface area (Å²) in [5.74, 6) is 0.726. The molecule has 1 N–H and O–H groups in total. The van der Waals surface area contributed by atoms with Crippen LogP contribution in [0.5, 0.6) is 11.5 Å². The summed E-state index contributed by atoms with van der Waals surface area (Å²) in [4.78, 5) is 11.1. The van der Waals surface area contributed by atoms with Gasteiger partial charge in [-0.15, -0.1) is 0 Å². The third-order valence-electron chi connectivity index (χ3n) is 4.45. The van der Waals surface area contributed by atoms with Gasteiger partial charge >= 0.3 is 5.97 Å². The largest absolute Gasteiger partial charge is 0.493 e. The standard InChI is InChI=1S/C16H20O4/c1-19-13-7-3-6-12(15(13)20-11-4-2-5-11)16(8-9-16)10-14(17)18/h3,6-7,11H,2,4-5,8-10H2,1H3,(H,17,18). The number of hydrogen-bond acceptors (Lipinski definition) is 3. The monoisotopic (exact) mass is 276 g/mol. The summed E-state index contributed by atoms with van der Waals surface area (Å²) in [5, 5.41) is 9.13. The molecular weight excluding hydrogens is 256 g/mol. The van der Waals surface area contributed by atoms with Gasteiger partial charge in [0.15, 0.2) is 11.5 Å². The maximum absolute atomic E-state index is 11.1. The third-order valence-corrected chi connectivity index (χ3v) is 4.45. The second kappa shape index (κ2) is 5.00. The molecule has 2 aliphatic rings. The molecule has 0 saturated heterocycles. The van der Waals surface area contributed by atoms with Crippen molar-refractivity contribution in [2.24, 2.45) is 0 Å². The Kier molecular flexibility index (Phi) is 3.32. The van der Waals surface area contributed by atoms with Crippen molar-refractivity contribution in [1.29, 1.82) is 0 Å². The highest BCUT2D eigenvalue weighted by molar-refractivity contribution is 5.71. The number of carboxylic acid groups (broad SMARTS) is 1. The lowest BCUT2D eigenvalue weighted by molar-refractivity contribution is -0.137. The molecule has 0 bridgehead atoms. The number of methoxy groups -OCH3 is 1. The maximum atomic E-state index is 11.1. The van der Waals surface area contributed by atoms with Crippen molar-refractivity contribution in [2.75, 3.05) is 7.11 Å². The summed E-state index contributed by atoms with van der Waals surface area (Å²) < 4.78 is 11.5. The van der Waals surface area contributed by atoms with Gasteiger partial charge in [0.05, 0.1) is 19.6 Å². The topological polar surface area (TPSA) is 55.8 Å². The molecule has 0 aromatic heterocycles. The molecular formula is C16H20O4. The minimum Gasteiger partial charge on any atom is -0.493 e. The van der Waals surface area contributed by atoms with Gasteiger partial charge in [0.2, 0.25) is 0 Å². The molecule has 2 saturated carbocycles. The van der Waals surface area contributed by atoms with Crippen LogP contribution in [0.4, 0.5) is 0 Å². The molecule has 2 fully saturated rings. The fourth-order valence-corrected chi connectivity index (χ4v) is 2.85. The van der Waals surface area contributed by atoms with Gasteiger partial charge in [-0.05, 0) is 38.2 Å². The number of carbonyl (C=O) groups is 1. The molecule has 2 aliphatic carbocycles. The first-order valence-corrected chi connectivity index (χ1v) is 7.20. The van der Waals surface area contributed by atoms with Crippen LogP contribution in [0.2, 0.25) is 0 Å². The highest BCUT2D eigenvalue weighted by atomic mass is 16.5. The quantitative estimate of drug-likeness (QED) is 0.867. The van der Waals surface area contributed by atoms with Crippen LogP contribution in [0.25, 0.3) is 0 Å². The Labute approximate surface area is 118 Å². The van der Waals surface area contributed by atoms with Crippen LogP contribution in [0.3, 0.4) is 0 Å². The van der Waals surface area contributed by atoms with Crippen molar-refractivity contribution >= 4 is 5.97 Å². The van der Waals surface area contributed by atoms with Crippen LogP contribution in [0, 0.1) is 0 Å². The lowest BCUT2D eigenvalue weighted by atomic mass is 9.90. The summed E-state index contributed by atoms with van der Waals surface area (Å²) in [6.45, 7) is 0. The van der Waals surface area contributed by atoms with Crippen molar-refractivity contribution in [1.82, 2.24) is 0 Å². The average Bonchev–Trinajstić information content (AvgIpc) is 3.13. The van der Waals surface area contributed by atoms with Crippen LogP contribution in [0.1, 0.15) is 44.1 Å². The Morgan fingerprint density at radius 2 is 2.15 bits per heavy atom. The van der Waals surface area contributed by atoms with E-state index < -0.39 is 5.97 Å². The fraction of sp³-hybridized carbons (Fsp3) is 0.562. The number of hydrogen-bond donors (Lipinski definition) is 1. The molecule has 0 unspecified atom stereocenters. The molecule has 108 valence electrons. The van der Waals surface area contributed by atoms with E-state index in [9.17, 15) is 4.79 Å². The predicted molar refractivity (Wildman–Crippen MR) is 74.4 cm³/mol. The van der Waals surface area contributed by atoms with E-state index >= 15 is 0 Å². The molecule has 4 nitrogen and oxygen atoms in total. The lowest BCUT2D eigenvalue weighted by Crippen LogP contribution is -2.26. The van der Waals surface area contributed by atoms with Gasteiger partial charge in [0.25, 0.3) is 0 Å². The second-order valence-corrected chi connectivity index (χ2v) is 5.86. The first-order chi connectivity index (χ1) is 9.64. The van der Waals surface area contributed by atoms with Gasteiger partial charge in [-0.1, -0.05) is 12.1 Å². The minimum atomic E-state index is -0.750. The van der Waals surface area contributed by atoms with E-state index in [0.717, 1.165) is 37.0 Å². The van der Waals surface area contributed by atoms with E-state index in [1.807, 2.05) is 18.2 Å². The Morgan fingerprint density at radius 3 is 2.65 bits per heavy atom. The number of benzene rings is 1. The molecule has 20 heavy (non-hydrogen) atoms. The van der Waals surface area contributed by atoms with Gasteiger partial charge in [-0.25, -0.2) is 0 Å². The smallest absolute Gasteiger partial charge is 0.304 e. The van der Waals surface area contributed by atoms with Crippen LogP contribution in [-0.2, 0) is 10.2 Å². The zero-order valence-corrected chi connectivity index (χ0v) is 11.7. The van der Waals surface area contributed by atoms with E-state index in [-0.39, 0.29) is 17.9 Å². The molecule has 0 spiro atoms.